The number of thiophene rings is 1. The maximum absolute atomic E-state index is 12.4. The monoisotopic (exact) mass is 378 g/mol. The molecule has 2 aromatic rings. The van der Waals surface area contributed by atoms with Gasteiger partial charge in [0.05, 0.1) is 10.0 Å². The molecule has 1 aliphatic carbocycles. The first-order valence-electron chi connectivity index (χ1n) is 7.65. The highest BCUT2D eigenvalue weighted by atomic mass is 79.9. The van der Waals surface area contributed by atoms with Crippen LogP contribution < -0.4 is 5.32 Å². The van der Waals surface area contributed by atoms with Crippen molar-refractivity contribution in [1.29, 1.82) is 0 Å². The number of rotatable bonds is 3. The number of carbonyl (C=O) groups excluding carboxylic acids is 1. The van der Waals surface area contributed by atoms with Crippen LogP contribution in [-0.4, -0.2) is 10.9 Å². The SMILES string of the molecule is Cc1cnc(NC(=O)c2csc(C3CCCCC3)c2)c(Br)c1. The molecule has 5 heteroatoms. The molecule has 0 aliphatic heterocycles. The first-order chi connectivity index (χ1) is 10.6. The molecule has 22 heavy (non-hydrogen) atoms. The first-order valence-corrected chi connectivity index (χ1v) is 9.32. The van der Waals surface area contributed by atoms with Gasteiger partial charge in [-0.2, -0.15) is 0 Å². The van der Waals surface area contributed by atoms with Crippen molar-refractivity contribution in [3.8, 4) is 0 Å². The second-order valence-corrected chi connectivity index (χ2v) is 7.67. The Morgan fingerprint density at radius 2 is 2.09 bits per heavy atom. The van der Waals surface area contributed by atoms with Gasteiger partial charge in [0.15, 0.2) is 0 Å². The molecular weight excluding hydrogens is 360 g/mol. The number of amides is 1. The minimum atomic E-state index is -0.0876. The predicted molar refractivity (Wildman–Crippen MR) is 94.8 cm³/mol. The van der Waals surface area contributed by atoms with Gasteiger partial charge in [0, 0.05) is 16.5 Å². The molecule has 1 N–H and O–H groups in total. The number of halogens is 1. The first kappa shape index (κ1) is 15.7. The van der Waals surface area contributed by atoms with E-state index < -0.39 is 0 Å². The second-order valence-electron chi connectivity index (χ2n) is 5.87. The summed E-state index contributed by atoms with van der Waals surface area (Å²) in [4.78, 5) is 18.0. The Balaban J connectivity index is 1.71. The van der Waals surface area contributed by atoms with Crippen LogP contribution in [0.1, 0.15) is 58.8 Å². The average Bonchev–Trinajstić information content (AvgIpc) is 3.01. The fraction of sp³-hybridized carbons (Fsp3) is 0.412. The number of pyridine rings is 1. The van der Waals surface area contributed by atoms with Gasteiger partial charge in [-0.05, 0) is 59.3 Å². The average molecular weight is 379 g/mol. The van der Waals surface area contributed by atoms with Crippen LogP contribution in [-0.2, 0) is 0 Å². The van der Waals surface area contributed by atoms with Gasteiger partial charge >= 0.3 is 0 Å². The van der Waals surface area contributed by atoms with Crippen molar-refractivity contribution in [3.63, 3.8) is 0 Å². The lowest BCUT2D eigenvalue weighted by Crippen LogP contribution is -2.12. The molecule has 0 atom stereocenters. The number of carbonyl (C=O) groups is 1. The topological polar surface area (TPSA) is 42.0 Å². The number of aromatic nitrogens is 1. The quantitative estimate of drug-likeness (QED) is 0.764. The van der Waals surface area contributed by atoms with Gasteiger partial charge in [0.1, 0.15) is 5.82 Å². The Labute approximate surface area is 143 Å². The van der Waals surface area contributed by atoms with Crippen LogP contribution >= 0.6 is 27.3 Å². The van der Waals surface area contributed by atoms with Crippen LogP contribution in [0.2, 0.25) is 0 Å². The Morgan fingerprint density at radius 3 is 2.82 bits per heavy atom. The summed E-state index contributed by atoms with van der Waals surface area (Å²) in [6, 6.07) is 4.00. The highest BCUT2D eigenvalue weighted by Gasteiger charge is 2.19. The maximum atomic E-state index is 12.4. The summed E-state index contributed by atoms with van der Waals surface area (Å²) in [5.74, 6) is 1.13. The van der Waals surface area contributed by atoms with Crippen molar-refractivity contribution in [3.05, 3.63) is 44.2 Å². The van der Waals surface area contributed by atoms with Crippen molar-refractivity contribution in [2.45, 2.75) is 44.9 Å². The molecule has 0 spiro atoms. The molecule has 1 aliphatic rings. The molecule has 0 bridgehead atoms. The Hall–Kier alpha value is -1.20. The molecule has 3 nitrogen and oxygen atoms in total. The highest BCUT2D eigenvalue weighted by Crippen LogP contribution is 2.36. The standard InChI is InChI=1S/C17H19BrN2OS/c1-11-7-14(18)16(19-9-11)20-17(21)13-8-15(22-10-13)12-5-3-2-4-6-12/h7-10,12H,2-6H2,1H3,(H,19,20,21). The molecule has 0 saturated heterocycles. The van der Waals surface area contributed by atoms with E-state index in [-0.39, 0.29) is 5.91 Å². The van der Waals surface area contributed by atoms with E-state index in [1.165, 1.54) is 37.0 Å². The molecule has 1 fully saturated rings. The third-order valence-electron chi connectivity index (χ3n) is 4.10. The second kappa shape index (κ2) is 6.92. The van der Waals surface area contributed by atoms with Gasteiger partial charge in [-0.1, -0.05) is 19.3 Å². The van der Waals surface area contributed by atoms with Crippen LogP contribution in [0.3, 0.4) is 0 Å². The smallest absolute Gasteiger partial charge is 0.257 e. The van der Waals surface area contributed by atoms with Crippen LogP contribution in [0.15, 0.2) is 28.2 Å². The van der Waals surface area contributed by atoms with E-state index >= 15 is 0 Å². The van der Waals surface area contributed by atoms with Gasteiger partial charge in [0.2, 0.25) is 0 Å². The highest BCUT2D eigenvalue weighted by molar-refractivity contribution is 9.10. The Bertz CT molecular complexity index is 677. The Morgan fingerprint density at radius 1 is 1.32 bits per heavy atom. The molecule has 3 rings (SSSR count). The van der Waals surface area contributed by atoms with Crippen molar-refractivity contribution in [1.82, 2.24) is 4.98 Å². The molecule has 2 heterocycles. The molecule has 116 valence electrons. The summed E-state index contributed by atoms with van der Waals surface area (Å²) in [5, 5.41) is 4.84. The summed E-state index contributed by atoms with van der Waals surface area (Å²) in [6.45, 7) is 1.97. The Kier molecular flexibility index (Phi) is 4.93. The minimum absolute atomic E-state index is 0.0876. The number of hydrogen-bond acceptors (Lipinski definition) is 3. The van der Waals surface area contributed by atoms with Crippen LogP contribution in [0.4, 0.5) is 5.82 Å². The number of aryl methyl sites for hydroxylation is 1. The lowest BCUT2D eigenvalue weighted by atomic mass is 9.88. The molecule has 1 amide bonds. The zero-order valence-corrected chi connectivity index (χ0v) is 15.0. The summed E-state index contributed by atoms with van der Waals surface area (Å²) >= 11 is 5.15. The normalized spacial score (nSPS) is 15.7. The third kappa shape index (κ3) is 3.58. The van der Waals surface area contributed by atoms with Gasteiger partial charge < -0.3 is 5.32 Å². The summed E-state index contributed by atoms with van der Waals surface area (Å²) < 4.78 is 0.809. The molecule has 0 unspecified atom stereocenters. The number of nitrogens with zero attached hydrogens (tertiary/aromatic N) is 1. The van der Waals surface area contributed by atoms with E-state index in [4.69, 9.17) is 0 Å². The number of hydrogen-bond donors (Lipinski definition) is 1. The zero-order valence-electron chi connectivity index (χ0n) is 12.6. The summed E-state index contributed by atoms with van der Waals surface area (Å²) in [6.07, 6.45) is 8.23. The van der Waals surface area contributed by atoms with E-state index in [9.17, 15) is 4.79 Å². The van der Waals surface area contributed by atoms with E-state index in [1.807, 2.05) is 18.4 Å². The fourth-order valence-electron chi connectivity index (χ4n) is 2.88. The molecule has 1 saturated carbocycles. The van der Waals surface area contributed by atoms with Crippen molar-refractivity contribution < 1.29 is 4.79 Å². The maximum Gasteiger partial charge on any atom is 0.257 e. The third-order valence-corrected chi connectivity index (χ3v) is 5.80. The van der Waals surface area contributed by atoms with Gasteiger partial charge in [-0.25, -0.2) is 4.98 Å². The van der Waals surface area contributed by atoms with Crippen LogP contribution in [0.5, 0.6) is 0 Å². The summed E-state index contributed by atoms with van der Waals surface area (Å²) in [5.41, 5.74) is 1.79. The number of nitrogens with one attached hydrogen (secondary N) is 1. The van der Waals surface area contributed by atoms with Crippen LogP contribution in [0.25, 0.3) is 0 Å². The minimum Gasteiger partial charge on any atom is -0.306 e. The van der Waals surface area contributed by atoms with Crippen molar-refractivity contribution >= 4 is 39.0 Å². The van der Waals surface area contributed by atoms with Gasteiger partial charge in [0.25, 0.3) is 5.91 Å². The predicted octanol–water partition coefficient (Wildman–Crippen LogP) is 5.51. The van der Waals surface area contributed by atoms with E-state index in [0.29, 0.717) is 11.7 Å². The van der Waals surface area contributed by atoms with Gasteiger partial charge in [-0.15, -0.1) is 11.3 Å². The lowest BCUT2D eigenvalue weighted by molar-refractivity contribution is 0.102. The molecule has 2 aromatic heterocycles. The zero-order chi connectivity index (χ0) is 15.5. The van der Waals surface area contributed by atoms with E-state index in [2.05, 4.69) is 32.3 Å². The van der Waals surface area contributed by atoms with E-state index in [1.54, 1.807) is 17.5 Å². The molecular formula is C17H19BrN2OS. The summed E-state index contributed by atoms with van der Waals surface area (Å²) in [7, 11) is 0. The molecule has 0 aromatic carbocycles. The van der Waals surface area contributed by atoms with E-state index in [0.717, 1.165) is 15.6 Å². The van der Waals surface area contributed by atoms with Crippen molar-refractivity contribution in [2.24, 2.45) is 0 Å². The largest absolute Gasteiger partial charge is 0.306 e. The van der Waals surface area contributed by atoms with Crippen molar-refractivity contribution in [2.75, 3.05) is 5.32 Å². The molecule has 0 radical (unpaired) electrons. The van der Waals surface area contributed by atoms with Crippen LogP contribution in [0, 0.1) is 6.92 Å². The van der Waals surface area contributed by atoms with Gasteiger partial charge in [-0.3, -0.25) is 4.79 Å². The lowest BCUT2D eigenvalue weighted by Gasteiger charge is -2.19. The fourth-order valence-corrected chi connectivity index (χ4v) is 4.50. The number of anilines is 1.